The van der Waals surface area contributed by atoms with Crippen LogP contribution in [0.3, 0.4) is 0 Å². The molecule has 0 atom stereocenters. The highest BCUT2D eigenvalue weighted by molar-refractivity contribution is 9.10. The zero-order valence-electron chi connectivity index (χ0n) is 15.2. The summed E-state index contributed by atoms with van der Waals surface area (Å²) in [4.78, 5) is 13.4. The third-order valence-corrected chi connectivity index (χ3v) is 5.76. The van der Waals surface area contributed by atoms with Gasteiger partial charge in [-0.1, -0.05) is 28.1 Å². The SMILES string of the molecule is CN(Cc1ccc(Br)cc1)C(=O)CCNS(=O)(=O)c1ccc(OC(F)(F)F)cc1. The number of carbonyl (C=O) groups excluding carboxylic acids is 1. The second-order valence-electron chi connectivity index (χ2n) is 6.04. The lowest BCUT2D eigenvalue weighted by Crippen LogP contribution is -2.31. The predicted molar refractivity (Wildman–Crippen MR) is 104 cm³/mol. The van der Waals surface area contributed by atoms with Crippen molar-refractivity contribution < 1.29 is 31.1 Å². The monoisotopic (exact) mass is 494 g/mol. The molecule has 0 bridgehead atoms. The molecule has 2 aromatic rings. The number of rotatable bonds is 8. The molecular formula is C18H18BrF3N2O4S. The van der Waals surface area contributed by atoms with Crippen molar-refractivity contribution in [2.45, 2.75) is 24.2 Å². The van der Waals surface area contributed by atoms with E-state index < -0.39 is 22.1 Å². The van der Waals surface area contributed by atoms with E-state index in [0.29, 0.717) is 6.54 Å². The summed E-state index contributed by atoms with van der Waals surface area (Å²) in [5, 5.41) is 0. The first-order valence-electron chi connectivity index (χ1n) is 8.30. The summed E-state index contributed by atoms with van der Waals surface area (Å²) in [6, 6.07) is 11.2. The molecule has 0 fully saturated rings. The van der Waals surface area contributed by atoms with E-state index in [4.69, 9.17) is 0 Å². The number of nitrogens with one attached hydrogen (secondary N) is 1. The fraction of sp³-hybridized carbons (Fsp3) is 0.278. The summed E-state index contributed by atoms with van der Waals surface area (Å²) >= 11 is 3.33. The molecule has 0 aliphatic rings. The number of carbonyl (C=O) groups is 1. The minimum absolute atomic E-state index is 0.0679. The average molecular weight is 495 g/mol. The summed E-state index contributed by atoms with van der Waals surface area (Å²) < 4.78 is 67.7. The van der Waals surface area contributed by atoms with Crippen molar-refractivity contribution in [1.82, 2.24) is 9.62 Å². The number of sulfonamides is 1. The molecule has 29 heavy (non-hydrogen) atoms. The second-order valence-corrected chi connectivity index (χ2v) is 8.73. The zero-order chi connectivity index (χ0) is 21.7. The van der Waals surface area contributed by atoms with Crippen molar-refractivity contribution in [1.29, 1.82) is 0 Å². The third-order valence-electron chi connectivity index (χ3n) is 3.76. The molecule has 0 aromatic heterocycles. The van der Waals surface area contributed by atoms with Gasteiger partial charge in [0.05, 0.1) is 4.90 Å². The van der Waals surface area contributed by atoms with Crippen LogP contribution in [0.5, 0.6) is 5.75 Å². The van der Waals surface area contributed by atoms with Gasteiger partial charge in [-0.05, 0) is 42.0 Å². The maximum atomic E-state index is 12.2. The Morgan fingerprint density at radius 1 is 1.10 bits per heavy atom. The molecule has 0 saturated heterocycles. The number of benzene rings is 2. The minimum atomic E-state index is -4.86. The van der Waals surface area contributed by atoms with Gasteiger partial charge in [-0.15, -0.1) is 13.2 Å². The fourth-order valence-corrected chi connectivity index (χ4v) is 3.64. The number of nitrogens with zero attached hydrogens (tertiary/aromatic N) is 1. The maximum Gasteiger partial charge on any atom is 0.573 e. The summed E-state index contributed by atoms with van der Waals surface area (Å²) in [7, 11) is -2.36. The lowest BCUT2D eigenvalue weighted by atomic mass is 10.2. The van der Waals surface area contributed by atoms with Crippen LogP contribution < -0.4 is 9.46 Å². The van der Waals surface area contributed by atoms with Gasteiger partial charge >= 0.3 is 6.36 Å². The van der Waals surface area contributed by atoms with Gasteiger partial charge in [0.2, 0.25) is 15.9 Å². The number of hydrogen-bond donors (Lipinski definition) is 1. The van der Waals surface area contributed by atoms with E-state index in [-0.39, 0.29) is 23.8 Å². The molecule has 0 aliphatic carbocycles. The molecule has 6 nitrogen and oxygen atoms in total. The fourth-order valence-electron chi connectivity index (χ4n) is 2.34. The van der Waals surface area contributed by atoms with Crippen LogP contribution in [0, 0.1) is 0 Å². The Labute approximate surface area is 174 Å². The summed E-state index contributed by atoms with van der Waals surface area (Å²) in [6.07, 6.45) is -4.93. The largest absolute Gasteiger partial charge is 0.573 e. The van der Waals surface area contributed by atoms with Crippen molar-refractivity contribution in [2.75, 3.05) is 13.6 Å². The van der Waals surface area contributed by atoms with Crippen LogP contribution in [0.1, 0.15) is 12.0 Å². The minimum Gasteiger partial charge on any atom is -0.406 e. The van der Waals surface area contributed by atoms with Gasteiger partial charge in [-0.3, -0.25) is 4.79 Å². The Morgan fingerprint density at radius 2 is 1.69 bits per heavy atom. The summed E-state index contributed by atoms with van der Waals surface area (Å²) in [6.45, 7) is 0.228. The topological polar surface area (TPSA) is 75.7 Å². The van der Waals surface area contributed by atoms with Gasteiger partial charge in [0.25, 0.3) is 0 Å². The number of ether oxygens (including phenoxy) is 1. The highest BCUT2D eigenvalue weighted by Crippen LogP contribution is 2.23. The van der Waals surface area contributed by atoms with Crippen LogP contribution >= 0.6 is 15.9 Å². The Hall–Kier alpha value is -2.11. The highest BCUT2D eigenvalue weighted by Gasteiger charge is 2.31. The third kappa shape index (κ3) is 7.67. The van der Waals surface area contributed by atoms with E-state index >= 15 is 0 Å². The van der Waals surface area contributed by atoms with Crippen LogP contribution in [0.4, 0.5) is 13.2 Å². The molecule has 0 saturated carbocycles. The normalized spacial score (nSPS) is 11.9. The number of hydrogen-bond acceptors (Lipinski definition) is 4. The van der Waals surface area contributed by atoms with Gasteiger partial charge in [-0.2, -0.15) is 0 Å². The van der Waals surface area contributed by atoms with Crippen molar-refractivity contribution in [2.24, 2.45) is 0 Å². The van der Waals surface area contributed by atoms with E-state index in [0.717, 1.165) is 34.3 Å². The zero-order valence-corrected chi connectivity index (χ0v) is 17.6. The molecule has 11 heteroatoms. The molecule has 1 N–H and O–H groups in total. The Balaban J connectivity index is 1.86. The van der Waals surface area contributed by atoms with Crippen molar-refractivity contribution in [3.8, 4) is 5.75 Å². The maximum absolute atomic E-state index is 12.2. The Bertz CT molecular complexity index is 933. The highest BCUT2D eigenvalue weighted by atomic mass is 79.9. The molecular weight excluding hydrogens is 477 g/mol. The van der Waals surface area contributed by atoms with Crippen LogP contribution in [0.15, 0.2) is 57.9 Å². The smallest absolute Gasteiger partial charge is 0.406 e. The van der Waals surface area contributed by atoms with E-state index in [1.165, 1.54) is 4.90 Å². The van der Waals surface area contributed by atoms with E-state index in [9.17, 15) is 26.4 Å². The van der Waals surface area contributed by atoms with Gasteiger partial charge in [-0.25, -0.2) is 13.1 Å². The van der Waals surface area contributed by atoms with Crippen LogP contribution in [0.25, 0.3) is 0 Å². The molecule has 0 aliphatic heterocycles. The van der Waals surface area contributed by atoms with Gasteiger partial charge in [0.1, 0.15) is 5.75 Å². The number of alkyl halides is 3. The molecule has 2 rings (SSSR count). The van der Waals surface area contributed by atoms with Crippen molar-refractivity contribution >= 4 is 31.9 Å². The Morgan fingerprint density at radius 3 is 2.24 bits per heavy atom. The average Bonchev–Trinajstić information content (AvgIpc) is 2.62. The predicted octanol–water partition coefficient (Wildman–Crippen LogP) is 3.67. The first-order chi connectivity index (χ1) is 13.5. The summed E-state index contributed by atoms with van der Waals surface area (Å²) in [5.74, 6) is -0.786. The van der Waals surface area contributed by atoms with Crippen molar-refractivity contribution in [3.63, 3.8) is 0 Å². The summed E-state index contributed by atoms with van der Waals surface area (Å²) in [5.41, 5.74) is 0.922. The first kappa shape index (κ1) is 23.2. The quantitative estimate of drug-likeness (QED) is 0.607. The number of halogens is 4. The molecule has 0 spiro atoms. The lowest BCUT2D eigenvalue weighted by Gasteiger charge is -2.17. The molecule has 1 amide bonds. The number of amides is 1. The molecule has 0 radical (unpaired) electrons. The van der Waals surface area contributed by atoms with E-state index in [1.54, 1.807) is 7.05 Å². The van der Waals surface area contributed by atoms with Crippen LogP contribution in [-0.2, 0) is 21.4 Å². The molecule has 2 aromatic carbocycles. The second kappa shape index (κ2) is 9.59. The van der Waals surface area contributed by atoms with Crippen LogP contribution in [0.2, 0.25) is 0 Å². The van der Waals surface area contributed by atoms with Gasteiger partial charge in [0, 0.05) is 31.0 Å². The lowest BCUT2D eigenvalue weighted by molar-refractivity contribution is -0.274. The van der Waals surface area contributed by atoms with Gasteiger partial charge < -0.3 is 9.64 Å². The molecule has 0 unspecified atom stereocenters. The molecule has 0 heterocycles. The van der Waals surface area contributed by atoms with Gasteiger partial charge in [0.15, 0.2) is 0 Å². The van der Waals surface area contributed by atoms with Crippen molar-refractivity contribution in [3.05, 3.63) is 58.6 Å². The molecule has 158 valence electrons. The van der Waals surface area contributed by atoms with E-state index in [1.807, 2.05) is 24.3 Å². The Kier molecular flexibility index (Phi) is 7.66. The standard InChI is InChI=1S/C18H18BrF3N2O4S/c1-24(12-13-2-4-14(19)5-3-13)17(25)10-11-23-29(26,27)16-8-6-15(7-9-16)28-18(20,21)22/h2-9,23H,10-12H2,1H3. The first-order valence-corrected chi connectivity index (χ1v) is 10.6. The van der Waals surface area contributed by atoms with E-state index in [2.05, 4.69) is 25.4 Å². The van der Waals surface area contributed by atoms with Crippen LogP contribution in [-0.4, -0.2) is 39.2 Å².